The number of hydrogen-bond acceptors (Lipinski definition) is 23. The van der Waals surface area contributed by atoms with Gasteiger partial charge in [-0.2, -0.15) is 0 Å². The SMILES string of the molecule is C=C.C=C.COc1ccc(C(Nc2ncnc3c2ncn3C(C)CCOCP(=O)(O)O)(c2ccccc2)c2ccccc2)cc1.COc1ccc(C(Nc2ncnc3c2ncn3C(C)CCOCP(=O)(OC(C)C)OC(C)C)(c2ccccc2)c2ccccc2)cc1.COc1ccc(C(Nc2ncnc3c2ncn3C(C)CCOCP(C)(C)=O)(c2ccccc2)c2ccccc2)cc1. The minimum absolute atomic E-state index is 0.0197. The van der Waals surface area contributed by atoms with Crippen molar-refractivity contribution in [2.24, 2.45) is 0 Å². The fourth-order valence-electron chi connectivity index (χ4n) is 15.7. The molecule has 15 aromatic rings. The van der Waals surface area contributed by atoms with Crippen LogP contribution < -0.4 is 30.2 Å². The first-order chi connectivity index (χ1) is 64.3. The maximum atomic E-state index is 13.2. The third-order valence-corrected chi connectivity index (χ3v) is 25.2. The lowest BCUT2D eigenvalue weighted by atomic mass is 9.77. The first-order valence-electron chi connectivity index (χ1n) is 43.7. The highest BCUT2D eigenvalue weighted by Gasteiger charge is 2.42. The number of ether oxygens (including phenoxy) is 6. The van der Waals surface area contributed by atoms with Crippen molar-refractivity contribution in [3.63, 3.8) is 0 Å². The lowest BCUT2D eigenvalue weighted by molar-refractivity contribution is 0.0946. The number of benzene rings is 9. The van der Waals surface area contributed by atoms with Gasteiger partial charge in [0, 0.05) is 37.9 Å². The summed E-state index contributed by atoms with van der Waals surface area (Å²) in [7, 11) is -4.82. The van der Waals surface area contributed by atoms with Gasteiger partial charge in [0.05, 0.1) is 58.9 Å². The Bertz CT molecular complexity index is 5860. The summed E-state index contributed by atoms with van der Waals surface area (Å²) in [6.45, 7) is 30.0. The number of nitrogens with one attached hydrogen (secondary N) is 3. The van der Waals surface area contributed by atoms with Crippen molar-refractivity contribution in [3.8, 4) is 17.2 Å². The fourth-order valence-corrected chi connectivity index (χ4v) is 18.4. The maximum absolute atomic E-state index is 13.2. The highest BCUT2D eigenvalue weighted by Crippen LogP contribution is 2.51. The van der Waals surface area contributed by atoms with Crippen LogP contribution in [0.3, 0.4) is 0 Å². The number of fused-ring (bicyclic) bond motifs is 3. The van der Waals surface area contributed by atoms with Gasteiger partial charge in [-0.3, -0.25) is 9.13 Å². The zero-order valence-electron chi connectivity index (χ0n) is 77.4. The van der Waals surface area contributed by atoms with Crippen molar-refractivity contribution in [2.75, 3.05) is 89.5 Å². The minimum Gasteiger partial charge on any atom is -0.497 e. The Morgan fingerprint density at radius 3 is 0.789 bits per heavy atom. The average molecular weight is 1860 g/mol. The predicted molar refractivity (Wildman–Crippen MR) is 529 cm³/mol. The lowest BCUT2D eigenvalue weighted by Gasteiger charge is -2.37. The molecule has 0 bridgehead atoms. The molecule has 6 aromatic heterocycles. The van der Waals surface area contributed by atoms with E-state index in [4.69, 9.17) is 67.2 Å². The second-order valence-electron chi connectivity index (χ2n) is 32.3. The molecular weight excluding hydrogens is 1740 g/mol. The average Bonchev–Trinajstić information content (AvgIpc) is 1.56. The third-order valence-electron chi connectivity index (χ3n) is 21.9. The van der Waals surface area contributed by atoms with Crippen LogP contribution in [0.4, 0.5) is 17.5 Å². The lowest BCUT2D eigenvalue weighted by Crippen LogP contribution is -2.38. The van der Waals surface area contributed by atoms with Crippen molar-refractivity contribution < 1.29 is 61.0 Å². The van der Waals surface area contributed by atoms with Crippen molar-refractivity contribution in [1.82, 2.24) is 58.6 Å². The van der Waals surface area contributed by atoms with Gasteiger partial charge in [-0.25, -0.2) is 44.9 Å². The molecule has 0 saturated heterocycles. The molecule has 0 saturated carbocycles. The molecule has 3 unspecified atom stereocenters. The minimum atomic E-state index is -4.21. The van der Waals surface area contributed by atoms with Crippen LogP contribution in [0.2, 0.25) is 0 Å². The summed E-state index contributed by atoms with van der Waals surface area (Å²) in [5.74, 6) is 4.09. The molecule has 6 heterocycles. The van der Waals surface area contributed by atoms with Crippen molar-refractivity contribution >= 4 is 73.3 Å². The molecule has 9 aromatic carbocycles. The van der Waals surface area contributed by atoms with Gasteiger partial charge in [-0.15, -0.1) is 26.3 Å². The van der Waals surface area contributed by atoms with E-state index in [9.17, 15) is 13.7 Å². The van der Waals surface area contributed by atoms with E-state index < -0.39 is 45.3 Å². The number of aromatic nitrogens is 12. The number of nitrogens with zero attached hydrogens (tertiary/aromatic N) is 12. The van der Waals surface area contributed by atoms with Gasteiger partial charge >= 0.3 is 15.2 Å². The maximum Gasteiger partial charge on any atom is 0.356 e. The van der Waals surface area contributed by atoms with E-state index in [0.29, 0.717) is 71.4 Å². The van der Waals surface area contributed by atoms with Crippen LogP contribution >= 0.6 is 22.3 Å². The summed E-state index contributed by atoms with van der Waals surface area (Å²) in [5.41, 5.74) is 10.8. The van der Waals surface area contributed by atoms with Crippen molar-refractivity contribution in [1.29, 1.82) is 0 Å². The first-order valence-corrected chi connectivity index (χ1v) is 50.0. The van der Waals surface area contributed by atoms with E-state index in [-0.39, 0.29) is 49.6 Å². The van der Waals surface area contributed by atoms with Crippen LogP contribution in [0.1, 0.15) is 136 Å². The number of anilines is 3. The molecule has 28 nitrogen and oxygen atoms in total. The molecule has 133 heavy (non-hydrogen) atoms. The predicted octanol–water partition coefficient (Wildman–Crippen LogP) is 21.9. The Balaban J connectivity index is 0.000000189. The Kier molecular flexibility index (Phi) is 36.1. The largest absolute Gasteiger partial charge is 0.497 e. The number of methoxy groups -OCH3 is 3. The Morgan fingerprint density at radius 2 is 0.564 bits per heavy atom. The molecule has 696 valence electrons. The molecule has 3 atom stereocenters. The van der Waals surface area contributed by atoms with Crippen LogP contribution in [0, 0.1) is 0 Å². The van der Waals surface area contributed by atoms with E-state index in [0.717, 1.165) is 79.4 Å². The smallest absolute Gasteiger partial charge is 0.356 e. The number of hydrogen-bond donors (Lipinski definition) is 5. The molecule has 0 spiro atoms. The zero-order valence-corrected chi connectivity index (χ0v) is 80.1. The molecule has 15 rings (SSSR count). The van der Waals surface area contributed by atoms with Gasteiger partial charge in [-0.05, 0) is 168 Å². The second kappa shape index (κ2) is 47.6. The summed E-state index contributed by atoms with van der Waals surface area (Å²) in [6.07, 6.45) is 10.9. The molecular formula is C102H120N15O13P3. The van der Waals surface area contributed by atoms with E-state index in [2.05, 4.69) is 178 Å². The van der Waals surface area contributed by atoms with Crippen LogP contribution in [-0.2, 0) is 53.6 Å². The molecule has 0 aliphatic heterocycles. The monoisotopic (exact) mass is 1860 g/mol. The normalized spacial score (nSPS) is 12.5. The summed E-state index contributed by atoms with van der Waals surface area (Å²) in [4.78, 5) is 60.2. The van der Waals surface area contributed by atoms with Gasteiger partial charge in [0.2, 0.25) is 0 Å². The van der Waals surface area contributed by atoms with Gasteiger partial charge < -0.3 is 81.5 Å². The van der Waals surface area contributed by atoms with E-state index >= 15 is 0 Å². The summed E-state index contributed by atoms with van der Waals surface area (Å²) in [6, 6.07) is 85.8. The standard InChI is InChI=1S/C36H44N5O5P.C32H36N5O3P.C30H32N5O5P.2C2H4/c1-26(2)45-47(42,46-27(3)4)25-44-22-21-28(5)41-24-39-33-34(37-23-38-35(33)41)40-36(29-13-9-7-10-14-29,30-15-11-8-12-16-30)31-17-19-32(43-6)20-18-31;1-24(19-20-40-23-41(3,4)38)37-22-35-29-30(33-21-34-31(29)37)36-32(25-11-7-5-8-12-25,26-13-9-6-10-14-26)27-15-17-28(39-2)18-16-27;1-22(17-18-40-21-41(36,37)38)35-20-33-27-28(31-19-32-29(27)35)34-30(23-9-5-3-6-10-23,24-11-7-4-8-12-24)25-13-15-26(39-2)16-14-25;2*1-2/h7-20,23-24,26-28H,21-22,25H2,1-6H3,(H,37,38,40);5-18,21-22,24H,19-20,23H2,1-4H3,(H,33,34,36);3-16,19-20,22H,17-18,21H2,1-2H3,(H,31,32,34)(H2,36,37,38);2*1-2H2. The van der Waals surface area contributed by atoms with Gasteiger partial charge in [0.25, 0.3) is 0 Å². The highest BCUT2D eigenvalue weighted by atomic mass is 31.2. The number of rotatable bonds is 40. The van der Waals surface area contributed by atoms with Crippen LogP contribution in [0.15, 0.2) is 319 Å². The Hall–Kier alpha value is -12.7. The van der Waals surface area contributed by atoms with Crippen LogP contribution in [0.25, 0.3) is 33.5 Å². The Labute approximate surface area is 778 Å². The van der Waals surface area contributed by atoms with E-state index in [1.807, 2.05) is 206 Å². The second-order valence-corrected chi connectivity index (χ2v) is 39.2. The van der Waals surface area contributed by atoms with Gasteiger partial charge in [0.15, 0.2) is 34.4 Å². The summed E-state index contributed by atoms with van der Waals surface area (Å²) < 4.78 is 86.5. The van der Waals surface area contributed by atoms with Crippen molar-refractivity contribution in [2.45, 2.75) is 115 Å². The quantitative estimate of drug-likeness (QED) is 0.0103. The molecule has 0 aliphatic rings. The van der Waals surface area contributed by atoms with Gasteiger partial charge in [-0.1, -0.05) is 218 Å². The van der Waals surface area contributed by atoms with Gasteiger partial charge in [0.1, 0.15) is 89.2 Å². The fraction of sp³-hybridized carbons (Fsp3) is 0.284. The molecule has 0 radical (unpaired) electrons. The number of imidazole rings is 3. The first kappa shape index (κ1) is 101. The molecule has 0 amide bonds. The molecule has 0 aliphatic carbocycles. The molecule has 31 heteroatoms. The molecule has 0 fully saturated rings. The van der Waals surface area contributed by atoms with Crippen LogP contribution in [0.5, 0.6) is 17.2 Å². The topological polar surface area (TPSA) is 332 Å². The van der Waals surface area contributed by atoms with E-state index in [1.54, 1.807) is 66.3 Å². The van der Waals surface area contributed by atoms with Crippen LogP contribution in [-0.4, -0.2) is 154 Å². The van der Waals surface area contributed by atoms with E-state index in [1.165, 1.54) is 6.33 Å². The third kappa shape index (κ3) is 25.2. The Morgan fingerprint density at radius 1 is 0.331 bits per heavy atom. The summed E-state index contributed by atoms with van der Waals surface area (Å²) in [5, 5.41) is 11.4. The highest BCUT2D eigenvalue weighted by molar-refractivity contribution is 7.62. The van der Waals surface area contributed by atoms with Crippen molar-refractivity contribution in [3.05, 3.63) is 369 Å². The summed E-state index contributed by atoms with van der Waals surface area (Å²) >= 11 is 0. The zero-order chi connectivity index (χ0) is 95.2. The molecule has 5 N–H and O–H groups in total.